The number of fused-ring (bicyclic) bond motifs is 3. The highest BCUT2D eigenvalue weighted by Gasteiger charge is 2.15. The van der Waals surface area contributed by atoms with E-state index in [4.69, 9.17) is 4.42 Å². The molecule has 0 radical (unpaired) electrons. The second-order valence-corrected chi connectivity index (χ2v) is 6.18. The average Bonchev–Trinajstić information content (AvgIpc) is 2.58. The summed E-state index contributed by atoms with van der Waals surface area (Å²) >= 11 is 2.08. The molecule has 1 heterocycles. The molecule has 2 nitrogen and oxygen atoms in total. The van der Waals surface area contributed by atoms with Gasteiger partial charge >= 0.3 is 0 Å². The minimum atomic E-state index is 0.0255. The van der Waals surface area contributed by atoms with E-state index in [-0.39, 0.29) is 5.43 Å². The van der Waals surface area contributed by atoms with Crippen molar-refractivity contribution in [2.24, 2.45) is 0 Å². The highest BCUT2D eigenvalue weighted by molar-refractivity contribution is 14.1. The largest absolute Gasteiger partial charge is 0.455 e. The van der Waals surface area contributed by atoms with E-state index in [2.05, 4.69) is 22.6 Å². The second kappa shape index (κ2) is 5.25. The molecule has 0 unspecified atom stereocenters. The van der Waals surface area contributed by atoms with Crippen LogP contribution in [0.4, 0.5) is 0 Å². The highest BCUT2D eigenvalue weighted by atomic mass is 127. The van der Waals surface area contributed by atoms with Crippen molar-refractivity contribution in [3.05, 3.63) is 80.5 Å². The molecular weight excluding hydrogens is 387 g/mol. The Kier molecular flexibility index (Phi) is 3.22. The SMILES string of the molecule is O=c1c(I)c(-c2ccccc2)oc2ccc3ccccc3c12. The molecule has 0 aliphatic rings. The smallest absolute Gasteiger partial charge is 0.207 e. The van der Waals surface area contributed by atoms with Gasteiger partial charge in [0.25, 0.3) is 0 Å². The lowest BCUT2D eigenvalue weighted by molar-refractivity contribution is 0.615. The molecule has 1 aromatic heterocycles. The van der Waals surface area contributed by atoms with Crippen LogP contribution in [0.15, 0.2) is 75.9 Å². The lowest BCUT2D eigenvalue weighted by Gasteiger charge is -2.08. The van der Waals surface area contributed by atoms with Gasteiger partial charge in [-0.25, -0.2) is 0 Å². The lowest BCUT2D eigenvalue weighted by Crippen LogP contribution is -2.07. The van der Waals surface area contributed by atoms with Gasteiger partial charge in [0.05, 0.1) is 5.39 Å². The molecule has 0 aliphatic carbocycles. The number of hydrogen-bond donors (Lipinski definition) is 0. The molecule has 3 aromatic carbocycles. The molecule has 0 amide bonds. The maximum absolute atomic E-state index is 12.9. The van der Waals surface area contributed by atoms with Gasteiger partial charge in [0, 0.05) is 5.56 Å². The average molecular weight is 398 g/mol. The Morgan fingerprint density at radius 1 is 0.818 bits per heavy atom. The molecule has 0 fully saturated rings. The molecule has 0 atom stereocenters. The molecule has 0 bridgehead atoms. The van der Waals surface area contributed by atoms with Crippen molar-refractivity contribution in [1.82, 2.24) is 0 Å². The number of rotatable bonds is 1. The molecule has 0 N–H and O–H groups in total. The molecule has 0 saturated heterocycles. The third-order valence-electron chi connectivity index (χ3n) is 3.76. The van der Waals surface area contributed by atoms with Crippen LogP contribution < -0.4 is 5.43 Å². The zero-order chi connectivity index (χ0) is 15.1. The molecule has 4 rings (SSSR count). The summed E-state index contributed by atoms with van der Waals surface area (Å²) in [5, 5.41) is 2.64. The van der Waals surface area contributed by atoms with Gasteiger partial charge < -0.3 is 4.42 Å². The predicted octanol–water partition coefficient (Wildman–Crippen LogP) is 5.22. The van der Waals surface area contributed by atoms with Crippen molar-refractivity contribution >= 4 is 44.3 Å². The van der Waals surface area contributed by atoms with Crippen LogP contribution in [-0.4, -0.2) is 0 Å². The minimum Gasteiger partial charge on any atom is -0.455 e. The van der Waals surface area contributed by atoms with E-state index in [0.717, 1.165) is 16.3 Å². The summed E-state index contributed by atoms with van der Waals surface area (Å²) < 4.78 is 6.68. The fourth-order valence-corrected chi connectivity index (χ4v) is 3.40. The van der Waals surface area contributed by atoms with Gasteiger partial charge in [-0.15, -0.1) is 0 Å². The molecule has 22 heavy (non-hydrogen) atoms. The Morgan fingerprint density at radius 2 is 1.55 bits per heavy atom. The second-order valence-electron chi connectivity index (χ2n) is 5.10. The van der Waals surface area contributed by atoms with Crippen LogP contribution in [-0.2, 0) is 0 Å². The normalized spacial score (nSPS) is 11.1. The van der Waals surface area contributed by atoms with Crippen LogP contribution in [0.3, 0.4) is 0 Å². The highest BCUT2D eigenvalue weighted by Crippen LogP contribution is 2.30. The quantitative estimate of drug-likeness (QED) is 0.325. The van der Waals surface area contributed by atoms with Crippen LogP contribution in [0, 0.1) is 3.57 Å². The first-order valence-corrected chi connectivity index (χ1v) is 8.03. The summed E-state index contributed by atoms with van der Waals surface area (Å²) in [7, 11) is 0. The van der Waals surface area contributed by atoms with Crippen LogP contribution in [0.25, 0.3) is 33.1 Å². The zero-order valence-corrected chi connectivity index (χ0v) is 13.7. The minimum absolute atomic E-state index is 0.0255. The summed E-state index contributed by atoms with van der Waals surface area (Å²) in [6.45, 7) is 0. The van der Waals surface area contributed by atoms with Gasteiger partial charge in [0.1, 0.15) is 9.15 Å². The van der Waals surface area contributed by atoms with Gasteiger partial charge in [-0.05, 0) is 39.4 Å². The van der Waals surface area contributed by atoms with Crippen LogP contribution in [0.2, 0.25) is 0 Å². The Labute approximate surface area is 140 Å². The molecular formula is C19H11IO2. The first kappa shape index (κ1) is 13.5. The van der Waals surface area contributed by atoms with E-state index in [9.17, 15) is 4.79 Å². The number of halogens is 1. The Hall–Kier alpha value is -2.14. The first-order valence-electron chi connectivity index (χ1n) is 6.95. The third-order valence-corrected chi connectivity index (χ3v) is 4.74. The van der Waals surface area contributed by atoms with Crippen molar-refractivity contribution < 1.29 is 4.42 Å². The Balaban J connectivity index is 2.15. The molecule has 0 spiro atoms. The fourth-order valence-electron chi connectivity index (χ4n) is 2.71. The molecule has 4 aromatic rings. The van der Waals surface area contributed by atoms with Crippen LogP contribution in [0.1, 0.15) is 0 Å². The molecule has 0 aliphatic heterocycles. The first-order chi connectivity index (χ1) is 10.8. The standard InChI is InChI=1S/C19H11IO2/c20-17-18(21)16-14-9-5-4-6-12(14)10-11-15(16)22-19(17)13-7-2-1-3-8-13/h1-11H. The number of hydrogen-bond acceptors (Lipinski definition) is 2. The van der Waals surface area contributed by atoms with E-state index in [1.165, 1.54) is 0 Å². The maximum atomic E-state index is 12.9. The fraction of sp³-hybridized carbons (Fsp3) is 0. The van der Waals surface area contributed by atoms with Gasteiger partial charge in [0.15, 0.2) is 5.76 Å². The summed E-state index contributed by atoms with van der Waals surface area (Å²) in [6, 6.07) is 21.5. The monoisotopic (exact) mass is 398 g/mol. The lowest BCUT2D eigenvalue weighted by atomic mass is 10.0. The van der Waals surface area contributed by atoms with Crippen molar-refractivity contribution in [2.45, 2.75) is 0 Å². The van der Waals surface area contributed by atoms with E-state index in [0.29, 0.717) is 20.3 Å². The molecule has 3 heteroatoms. The maximum Gasteiger partial charge on any atom is 0.207 e. The van der Waals surface area contributed by atoms with Crippen molar-refractivity contribution in [1.29, 1.82) is 0 Å². The van der Waals surface area contributed by atoms with Gasteiger partial charge in [-0.1, -0.05) is 60.7 Å². The summed E-state index contributed by atoms with van der Waals surface area (Å²) in [6.07, 6.45) is 0. The summed E-state index contributed by atoms with van der Waals surface area (Å²) in [5.41, 5.74) is 1.57. The van der Waals surface area contributed by atoms with Crippen molar-refractivity contribution in [3.8, 4) is 11.3 Å². The van der Waals surface area contributed by atoms with Crippen molar-refractivity contribution in [2.75, 3.05) is 0 Å². The van der Waals surface area contributed by atoms with E-state index >= 15 is 0 Å². The van der Waals surface area contributed by atoms with Gasteiger partial charge in [0.2, 0.25) is 5.43 Å². The third kappa shape index (κ3) is 2.04. The summed E-state index contributed by atoms with van der Waals surface area (Å²) in [5.74, 6) is 0.633. The van der Waals surface area contributed by atoms with Crippen LogP contribution >= 0.6 is 22.6 Å². The van der Waals surface area contributed by atoms with Crippen molar-refractivity contribution in [3.63, 3.8) is 0 Å². The molecule has 106 valence electrons. The zero-order valence-electron chi connectivity index (χ0n) is 11.5. The van der Waals surface area contributed by atoms with Gasteiger partial charge in [-0.2, -0.15) is 0 Å². The Morgan fingerprint density at radius 3 is 2.36 bits per heavy atom. The predicted molar refractivity (Wildman–Crippen MR) is 98.1 cm³/mol. The van der Waals surface area contributed by atoms with E-state index < -0.39 is 0 Å². The van der Waals surface area contributed by atoms with E-state index in [1.807, 2.05) is 66.7 Å². The topological polar surface area (TPSA) is 30.2 Å². The van der Waals surface area contributed by atoms with Gasteiger partial charge in [-0.3, -0.25) is 4.79 Å². The van der Waals surface area contributed by atoms with Crippen LogP contribution in [0.5, 0.6) is 0 Å². The summed E-state index contributed by atoms with van der Waals surface area (Å²) in [4.78, 5) is 12.9. The Bertz CT molecular complexity index is 1050. The van der Waals surface area contributed by atoms with E-state index in [1.54, 1.807) is 0 Å². The molecule has 0 saturated carbocycles. The number of benzene rings is 3.